The summed E-state index contributed by atoms with van der Waals surface area (Å²) in [5.74, 6) is 0.706. The SMILES string of the molecule is COc1cccc2sc(N(CCCN(C)C)C(=O)c3ccc(C)cc3)nc12. The third kappa shape index (κ3) is 4.46. The number of rotatable bonds is 7. The van der Waals surface area contributed by atoms with Gasteiger partial charge in [-0.15, -0.1) is 0 Å². The largest absolute Gasteiger partial charge is 0.494 e. The van der Waals surface area contributed by atoms with Crippen LogP contribution in [0, 0.1) is 6.92 Å². The van der Waals surface area contributed by atoms with Crippen molar-refractivity contribution in [1.29, 1.82) is 0 Å². The van der Waals surface area contributed by atoms with E-state index in [9.17, 15) is 4.79 Å². The fraction of sp³-hybridized carbons (Fsp3) is 0.333. The Morgan fingerprint density at radius 1 is 1.11 bits per heavy atom. The lowest BCUT2D eigenvalue weighted by atomic mass is 10.1. The number of thiazole rings is 1. The molecule has 0 spiro atoms. The predicted octanol–water partition coefficient (Wildman–Crippen LogP) is 4.21. The third-order valence-corrected chi connectivity index (χ3v) is 5.40. The van der Waals surface area contributed by atoms with Gasteiger partial charge in [-0.2, -0.15) is 0 Å². The van der Waals surface area contributed by atoms with E-state index in [0.29, 0.717) is 17.2 Å². The lowest BCUT2D eigenvalue weighted by Crippen LogP contribution is -2.33. The van der Waals surface area contributed by atoms with Crippen molar-refractivity contribution in [2.75, 3.05) is 39.2 Å². The zero-order valence-electron chi connectivity index (χ0n) is 16.2. The predicted molar refractivity (Wildman–Crippen MR) is 112 cm³/mol. The van der Waals surface area contributed by atoms with Crippen LogP contribution < -0.4 is 9.64 Å². The highest BCUT2D eigenvalue weighted by Crippen LogP contribution is 2.34. The number of ether oxygens (including phenoxy) is 1. The van der Waals surface area contributed by atoms with Crippen LogP contribution in [-0.2, 0) is 0 Å². The Kier molecular flexibility index (Phi) is 6.08. The minimum Gasteiger partial charge on any atom is -0.494 e. The molecule has 0 fully saturated rings. The van der Waals surface area contributed by atoms with E-state index in [1.807, 2.05) is 63.5 Å². The number of aromatic nitrogens is 1. The summed E-state index contributed by atoms with van der Waals surface area (Å²) in [6.45, 7) is 3.54. The zero-order chi connectivity index (χ0) is 19.4. The highest BCUT2D eigenvalue weighted by Gasteiger charge is 2.22. The fourth-order valence-electron chi connectivity index (χ4n) is 2.87. The van der Waals surface area contributed by atoms with E-state index in [2.05, 4.69) is 4.90 Å². The van der Waals surface area contributed by atoms with Crippen LogP contribution in [0.2, 0.25) is 0 Å². The molecule has 3 aromatic rings. The Morgan fingerprint density at radius 2 is 1.85 bits per heavy atom. The monoisotopic (exact) mass is 383 g/mol. The second-order valence-corrected chi connectivity index (χ2v) is 7.79. The second kappa shape index (κ2) is 8.50. The molecule has 2 aromatic carbocycles. The smallest absolute Gasteiger partial charge is 0.260 e. The van der Waals surface area contributed by atoms with Crippen LogP contribution in [0.25, 0.3) is 10.2 Å². The Balaban J connectivity index is 1.96. The first kappa shape index (κ1) is 19.3. The van der Waals surface area contributed by atoms with Crippen molar-refractivity contribution in [3.8, 4) is 5.75 Å². The van der Waals surface area contributed by atoms with Crippen LogP contribution in [0.4, 0.5) is 5.13 Å². The molecule has 1 amide bonds. The zero-order valence-corrected chi connectivity index (χ0v) is 17.0. The van der Waals surface area contributed by atoms with Crippen molar-refractivity contribution in [1.82, 2.24) is 9.88 Å². The summed E-state index contributed by atoms with van der Waals surface area (Å²) in [5, 5.41) is 0.707. The number of carbonyl (C=O) groups excluding carboxylic acids is 1. The van der Waals surface area contributed by atoms with Gasteiger partial charge in [0.25, 0.3) is 5.91 Å². The molecule has 6 heteroatoms. The molecule has 27 heavy (non-hydrogen) atoms. The van der Waals surface area contributed by atoms with Crippen molar-refractivity contribution < 1.29 is 9.53 Å². The number of benzene rings is 2. The van der Waals surface area contributed by atoms with Crippen molar-refractivity contribution in [2.45, 2.75) is 13.3 Å². The van der Waals surface area contributed by atoms with E-state index in [1.165, 1.54) is 11.3 Å². The molecule has 0 atom stereocenters. The Morgan fingerprint density at radius 3 is 2.52 bits per heavy atom. The van der Waals surface area contributed by atoms with Gasteiger partial charge in [0, 0.05) is 12.1 Å². The van der Waals surface area contributed by atoms with Gasteiger partial charge < -0.3 is 9.64 Å². The molecule has 142 valence electrons. The van der Waals surface area contributed by atoms with Crippen molar-refractivity contribution in [3.05, 3.63) is 53.6 Å². The first-order valence-corrected chi connectivity index (χ1v) is 9.78. The molecule has 3 rings (SSSR count). The van der Waals surface area contributed by atoms with E-state index in [1.54, 1.807) is 12.0 Å². The van der Waals surface area contributed by atoms with Crippen molar-refractivity contribution in [3.63, 3.8) is 0 Å². The summed E-state index contributed by atoms with van der Waals surface area (Å²) in [6.07, 6.45) is 0.873. The highest BCUT2D eigenvalue weighted by molar-refractivity contribution is 7.22. The van der Waals surface area contributed by atoms with Crippen LogP contribution in [0.3, 0.4) is 0 Å². The normalized spacial score (nSPS) is 11.1. The molecule has 0 radical (unpaired) electrons. The number of para-hydroxylation sites is 1. The van der Waals surface area contributed by atoms with Crippen molar-refractivity contribution in [2.24, 2.45) is 0 Å². The number of nitrogens with zero attached hydrogens (tertiary/aromatic N) is 3. The van der Waals surface area contributed by atoms with Gasteiger partial charge in [-0.3, -0.25) is 9.69 Å². The van der Waals surface area contributed by atoms with E-state index in [-0.39, 0.29) is 5.91 Å². The standard InChI is InChI=1S/C21H25N3O2S/c1-15-9-11-16(12-10-15)20(25)24(14-6-13-23(2)3)21-22-19-17(26-4)7-5-8-18(19)27-21/h5,7-12H,6,13-14H2,1-4H3. The number of aryl methyl sites for hydroxylation is 1. The molecule has 1 aromatic heterocycles. The van der Waals surface area contributed by atoms with Crippen LogP contribution >= 0.6 is 11.3 Å². The van der Waals surface area contributed by atoms with Gasteiger partial charge in [0.05, 0.1) is 11.8 Å². The number of fused-ring (bicyclic) bond motifs is 1. The molecule has 0 saturated heterocycles. The minimum atomic E-state index is -0.0215. The van der Waals surface area contributed by atoms with Gasteiger partial charge in [0.1, 0.15) is 11.3 Å². The van der Waals surface area contributed by atoms with Crippen molar-refractivity contribution >= 4 is 32.6 Å². The van der Waals surface area contributed by atoms with Gasteiger partial charge >= 0.3 is 0 Å². The van der Waals surface area contributed by atoms with E-state index in [0.717, 1.165) is 34.5 Å². The topological polar surface area (TPSA) is 45.7 Å². The summed E-state index contributed by atoms with van der Waals surface area (Å²) < 4.78 is 6.44. The molecule has 5 nitrogen and oxygen atoms in total. The van der Waals surface area contributed by atoms with Crippen LogP contribution in [0.5, 0.6) is 5.75 Å². The summed E-state index contributed by atoms with van der Waals surface area (Å²) in [7, 11) is 5.71. The fourth-order valence-corrected chi connectivity index (χ4v) is 3.88. The molecular formula is C21H25N3O2S. The quantitative estimate of drug-likeness (QED) is 0.613. The van der Waals surface area contributed by atoms with E-state index >= 15 is 0 Å². The number of carbonyl (C=O) groups is 1. The summed E-state index contributed by atoms with van der Waals surface area (Å²) in [6, 6.07) is 13.5. The Labute approximate surface area is 164 Å². The van der Waals surface area contributed by atoms with Crippen LogP contribution in [0.1, 0.15) is 22.3 Å². The molecule has 0 aliphatic heterocycles. The minimum absolute atomic E-state index is 0.0215. The lowest BCUT2D eigenvalue weighted by molar-refractivity contribution is 0.0986. The van der Waals surface area contributed by atoms with E-state index < -0.39 is 0 Å². The number of hydrogen-bond donors (Lipinski definition) is 0. The first-order valence-electron chi connectivity index (χ1n) is 8.96. The number of hydrogen-bond acceptors (Lipinski definition) is 5. The number of amides is 1. The first-order chi connectivity index (χ1) is 13.0. The molecular weight excluding hydrogens is 358 g/mol. The van der Waals surface area contributed by atoms with Crippen LogP contribution in [0.15, 0.2) is 42.5 Å². The Hall–Kier alpha value is -2.44. The van der Waals surface area contributed by atoms with Gasteiger partial charge in [-0.25, -0.2) is 4.98 Å². The molecule has 0 aliphatic carbocycles. The third-order valence-electron chi connectivity index (χ3n) is 4.35. The highest BCUT2D eigenvalue weighted by atomic mass is 32.1. The van der Waals surface area contributed by atoms with E-state index in [4.69, 9.17) is 9.72 Å². The molecule has 1 heterocycles. The van der Waals surface area contributed by atoms with Gasteiger partial charge in [-0.1, -0.05) is 35.1 Å². The molecule has 0 unspecified atom stereocenters. The maximum absolute atomic E-state index is 13.2. The molecule has 0 aliphatic rings. The summed E-state index contributed by atoms with van der Waals surface area (Å²) in [5.41, 5.74) is 2.61. The second-order valence-electron chi connectivity index (χ2n) is 6.78. The average Bonchev–Trinajstić information content (AvgIpc) is 3.09. The summed E-state index contributed by atoms with van der Waals surface area (Å²) in [4.78, 5) is 21.9. The van der Waals surface area contributed by atoms with Crippen LogP contribution in [-0.4, -0.2) is 50.1 Å². The maximum Gasteiger partial charge on any atom is 0.260 e. The van der Waals surface area contributed by atoms with Gasteiger partial charge in [-0.05, 0) is 58.3 Å². The number of anilines is 1. The average molecular weight is 384 g/mol. The van der Waals surface area contributed by atoms with Gasteiger partial charge in [0.15, 0.2) is 5.13 Å². The lowest BCUT2D eigenvalue weighted by Gasteiger charge is -2.21. The Bertz CT molecular complexity index is 919. The summed E-state index contributed by atoms with van der Waals surface area (Å²) >= 11 is 1.52. The number of methoxy groups -OCH3 is 1. The molecule has 0 bridgehead atoms. The molecule has 0 N–H and O–H groups in total. The van der Waals surface area contributed by atoms with Gasteiger partial charge in [0.2, 0.25) is 0 Å². The molecule has 0 saturated carbocycles. The maximum atomic E-state index is 13.2.